The van der Waals surface area contributed by atoms with Crippen LogP contribution in [0, 0.1) is 12.7 Å². The lowest BCUT2D eigenvalue weighted by molar-refractivity contribution is -0.128. The second-order valence-electron chi connectivity index (χ2n) is 11.9. The number of benzene rings is 1. The Labute approximate surface area is 271 Å². The summed E-state index contributed by atoms with van der Waals surface area (Å²) in [5, 5.41) is 3.31. The van der Waals surface area contributed by atoms with Gasteiger partial charge in [-0.2, -0.15) is 4.98 Å². The number of nitrogens with zero attached hydrogens (tertiary/aromatic N) is 6. The fourth-order valence-electron chi connectivity index (χ4n) is 5.94. The van der Waals surface area contributed by atoms with Crippen LogP contribution in [0.1, 0.15) is 58.2 Å². The quantitative estimate of drug-likeness (QED) is 0.244. The van der Waals surface area contributed by atoms with Crippen molar-refractivity contribution < 1.29 is 14.0 Å². The molecule has 1 aliphatic rings. The van der Waals surface area contributed by atoms with Gasteiger partial charge in [0, 0.05) is 37.8 Å². The zero-order valence-electron chi connectivity index (χ0n) is 26.8. The third-order valence-corrected chi connectivity index (χ3v) is 8.58. The molecule has 1 saturated heterocycles. The van der Waals surface area contributed by atoms with E-state index in [1.807, 2.05) is 39.5 Å². The van der Waals surface area contributed by atoms with Crippen molar-refractivity contribution in [2.75, 3.05) is 23.3 Å². The van der Waals surface area contributed by atoms with E-state index in [2.05, 4.69) is 21.9 Å². The Bertz CT molecular complexity index is 1930. The van der Waals surface area contributed by atoms with Crippen molar-refractivity contribution in [3.8, 4) is 16.9 Å². The minimum Gasteiger partial charge on any atom is -0.349 e. The molecule has 12 heteroatoms. The van der Waals surface area contributed by atoms with Crippen LogP contribution < -0.4 is 15.9 Å². The molecule has 2 unspecified atom stereocenters. The van der Waals surface area contributed by atoms with Gasteiger partial charge in [0.05, 0.1) is 38.7 Å². The summed E-state index contributed by atoms with van der Waals surface area (Å²) in [7, 11) is 0. The molecule has 5 rings (SSSR count). The fourth-order valence-corrected chi connectivity index (χ4v) is 6.19. The number of carbonyl (C=O) groups is 2. The molecule has 46 heavy (non-hydrogen) atoms. The van der Waals surface area contributed by atoms with E-state index in [1.54, 1.807) is 36.2 Å². The van der Waals surface area contributed by atoms with Crippen molar-refractivity contribution in [2.45, 2.75) is 66.0 Å². The van der Waals surface area contributed by atoms with E-state index < -0.39 is 11.5 Å². The summed E-state index contributed by atoms with van der Waals surface area (Å²) in [6, 6.07) is 7.34. The number of aromatic nitrogens is 4. The Morgan fingerprint density at radius 1 is 1.17 bits per heavy atom. The third-order valence-electron chi connectivity index (χ3n) is 8.29. The molecule has 3 aromatic heterocycles. The first-order valence-corrected chi connectivity index (χ1v) is 15.6. The first kappa shape index (κ1) is 32.7. The van der Waals surface area contributed by atoms with Crippen LogP contribution >= 0.6 is 11.6 Å². The largest absolute Gasteiger partial charge is 0.355 e. The average Bonchev–Trinajstić information content (AvgIpc) is 3.01. The molecular formula is C34H37ClFN7O3. The fraction of sp³-hybridized carbons (Fsp3) is 0.353. The Morgan fingerprint density at radius 2 is 1.91 bits per heavy atom. The van der Waals surface area contributed by atoms with E-state index in [0.29, 0.717) is 35.7 Å². The lowest BCUT2D eigenvalue weighted by Crippen LogP contribution is -2.58. The lowest BCUT2D eigenvalue weighted by Gasteiger charge is -2.44. The summed E-state index contributed by atoms with van der Waals surface area (Å²) >= 11 is 6.91. The summed E-state index contributed by atoms with van der Waals surface area (Å²) in [6.07, 6.45) is 3.17. The summed E-state index contributed by atoms with van der Waals surface area (Å²) in [5.74, 6) is -0.829. The summed E-state index contributed by atoms with van der Waals surface area (Å²) < 4.78 is 17.0. The van der Waals surface area contributed by atoms with Crippen LogP contribution in [-0.2, 0) is 9.59 Å². The van der Waals surface area contributed by atoms with Gasteiger partial charge in [0.25, 0.3) is 0 Å². The number of hydrogen-bond acceptors (Lipinski definition) is 7. The predicted molar refractivity (Wildman–Crippen MR) is 179 cm³/mol. The smallest absolute Gasteiger partial charge is 0.349 e. The number of pyridine rings is 2. The van der Waals surface area contributed by atoms with E-state index in [9.17, 15) is 14.4 Å². The van der Waals surface area contributed by atoms with Crippen LogP contribution in [0.5, 0.6) is 0 Å². The number of amides is 2. The lowest BCUT2D eigenvalue weighted by atomic mass is 10.0. The minimum absolute atomic E-state index is 0.000838. The molecule has 0 aliphatic carbocycles. The van der Waals surface area contributed by atoms with Gasteiger partial charge in [0.15, 0.2) is 5.65 Å². The van der Waals surface area contributed by atoms with Gasteiger partial charge in [0.1, 0.15) is 11.6 Å². The van der Waals surface area contributed by atoms with Gasteiger partial charge in [-0.1, -0.05) is 45.0 Å². The van der Waals surface area contributed by atoms with Crippen molar-refractivity contribution in [3.05, 3.63) is 81.8 Å². The maximum Gasteiger partial charge on any atom is 0.355 e. The number of rotatable bonds is 7. The molecule has 0 radical (unpaired) electrons. The predicted octanol–water partition coefficient (Wildman–Crippen LogP) is 6.03. The molecule has 240 valence electrons. The number of piperazine rings is 1. The summed E-state index contributed by atoms with van der Waals surface area (Å²) in [5.41, 5.74) is 1.83. The molecule has 10 nitrogen and oxygen atoms in total. The number of halogens is 2. The molecule has 0 spiro atoms. The molecule has 2 atom stereocenters. The average molecular weight is 646 g/mol. The highest BCUT2D eigenvalue weighted by Crippen LogP contribution is 2.39. The molecule has 1 aliphatic heterocycles. The molecule has 1 fully saturated rings. The van der Waals surface area contributed by atoms with Crippen molar-refractivity contribution >= 4 is 46.0 Å². The molecule has 2 amide bonds. The highest BCUT2D eigenvalue weighted by atomic mass is 35.5. The van der Waals surface area contributed by atoms with E-state index in [4.69, 9.17) is 16.6 Å². The monoisotopic (exact) mass is 645 g/mol. The topological polar surface area (TPSA) is 113 Å². The minimum atomic E-state index is -0.642. The van der Waals surface area contributed by atoms with Gasteiger partial charge in [0.2, 0.25) is 11.8 Å². The molecule has 1 N–H and O–H groups in total. The number of carbonyl (C=O) groups excluding carboxylic acids is 2. The molecule has 4 heterocycles. The number of nitrogens with one attached hydrogen (secondary N) is 1. The number of anilines is 2. The maximum atomic E-state index is 15.6. The number of fused-ring (bicyclic) bond motifs is 1. The maximum absolute atomic E-state index is 15.6. The Kier molecular flexibility index (Phi) is 9.25. The molecule has 0 bridgehead atoms. The first-order chi connectivity index (χ1) is 21.9. The summed E-state index contributed by atoms with van der Waals surface area (Å²) in [6.45, 7) is 15.8. The van der Waals surface area contributed by atoms with Crippen LogP contribution in [-0.4, -0.2) is 61.4 Å². The zero-order valence-corrected chi connectivity index (χ0v) is 27.5. The Hall–Kier alpha value is -4.64. The third kappa shape index (κ3) is 5.87. The Morgan fingerprint density at radius 3 is 2.59 bits per heavy atom. The molecule has 1 aromatic carbocycles. The van der Waals surface area contributed by atoms with E-state index in [0.717, 1.165) is 5.56 Å². The highest BCUT2D eigenvalue weighted by Gasteiger charge is 2.34. The first-order valence-electron chi connectivity index (χ1n) is 15.2. The van der Waals surface area contributed by atoms with Crippen molar-refractivity contribution in [1.82, 2.24) is 24.4 Å². The van der Waals surface area contributed by atoms with E-state index >= 15 is 4.39 Å². The van der Waals surface area contributed by atoms with Gasteiger partial charge in [-0.15, -0.1) is 0 Å². The standard InChI is InChI=1S/C34H37ClFN7O3/c1-8-26(44)38-25-12-10-11-24(36)28(25)30-23(35)15-22-32(42-17-20(6)41(16-21(42)7)27(45)9-2)40-34(46)43(33(22)39-30)31-19(5)13-14-37-29(31)18(3)4/h9-15,18,20-21H,2,8,16-17H2,1,3-7H3,(H,38,44). The Balaban J connectivity index is 1.85. The molecule has 4 aromatic rings. The van der Waals surface area contributed by atoms with Crippen LogP contribution in [0.25, 0.3) is 28.0 Å². The normalized spacial score (nSPS) is 16.6. The SMILES string of the molecule is C=CC(=O)N1CC(C)N(c2nc(=O)n(-c3c(C)ccnc3C(C)C)c3nc(-c4c(F)cccc4NC(=O)CC)c(Cl)cc23)CC1C. The molecular weight excluding hydrogens is 609 g/mol. The van der Waals surface area contributed by atoms with Gasteiger partial charge in [-0.05, 0) is 62.6 Å². The second kappa shape index (κ2) is 13.0. The van der Waals surface area contributed by atoms with Gasteiger partial charge in [-0.25, -0.2) is 18.7 Å². The second-order valence-corrected chi connectivity index (χ2v) is 12.3. The van der Waals surface area contributed by atoms with Gasteiger partial charge in [-0.3, -0.25) is 14.6 Å². The summed E-state index contributed by atoms with van der Waals surface area (Å²) in [4.78, 5) is 56.9. The zero-order chi connectivity index (χ0) is 33.4. The molecule has 0 saturated carbocycles. The van der Waals surface area contributed by atoms with Crippen molar-refractivity contribution in [2.24, 2.45) is 0 Å². The van der Waals surface area contributed by atoms with Crippen molar-refractivity contribution in [1.29, 1.82) is 0 Å². The van der Waals surface area contributed by atoms with Crippen LogP contribution in [0.2, 0.25) is 5.02 Å². The van der Waals surface area contributed by atoms with Crippen LogP contribution in [0.4, 0.5) is 15.9 Å². The number of hydrogen-bond donors (Lipinski definition) is 1. The van der Waals surface area contributed by atoms with E-state index in [-0.39, 0.29) is 63.9 Å². The van der Waals surface area contributed by atoms with Gasteiger partial charge >= 0.3 is 5.69 Å². The van der Waals surface area contributed by atoms with Crippen LogP contribution in [0.3, 0.4) is 0 Å². The number of aryl methyl sites for hydroxylation is 1. The highest BCUT2D eigenvalue weighted by molar-refractivity contribution is 6.34. The van der Waals surface area contributed by atoms with E-state index in [1.165, 1.54) is 22.8 Å². The van der Waals surface area contributed by atoms with Crippen LogP contribution in [0.15, 0.2) is 54.0 Å². The van der Waals surface area contributed by atoms with Gasteiger partial charge < -0.3 is 15.1 Å². The van der Waals surface area contributed by atoms with Crippen molar-refractivity contribution in [3.63, 3.8) is 0 Å².